The van der Waals surface area contributed by atoms with Gasteiger partial charge < -0.3 is 15.2 Å². The number of H-pyrrole nitrogens is 1. The van der Waals surface area contributed by atoms with Crippen molar-refractivity contribution in [2.24, 2.45) is 0 Å². The molecule has 4 aromatic rings. The topological polar surface area (TPSA) is 89.0 Å². The summed E-state index contributed by atoms with van der Waals surface area (Å²) >= 11 is 0. The number of anilines is 1. The van der Waals surface area contributed by atoms with Crippen molar-refractivity contribution in [1.29, 1.82) is 0 Å². The molecule has 0 saturated carbocycles. The standard InChI is InChI=1S/C21H18N4O3/c1-28-21(27)19-18(7-4-10-22-19)24-20(26)17-9-8-14(13-25-12-11-23-25)15-5-2-3-6-16(15)17/h2-12,23H,13H2,1H3,(H,24,26). The molecule has 2 aromatic heterocycles. The number of aromatic nitrogens is 3. The number of hydrogen-bond donors (Lipinski definition) is 2. The van der Waals surface area contributed by atoms with Crippen LogP contribution in [0, 0.1) is 0 Å². The van der Waals surface area contributed by atoms with E-state index >= 15 is 0 Å². The summed E-state index contributed by atoms with van der Waals surface area (Å²) in [5, 5.41) is 7.69. The Balaban J connectivity index is 1.70. The zero-order valence-corrected chi connectivity index (χ0v) is 15.2. The van der Waals surface area contributed by atoms with Crippen LogP contribution in [0.2, 0.25) is 0 Å². The molecule has 28 heavy (non-hydrogen) atoms. The Bertz CT molecular complexity index is 1150. The van der Waals surface area contributed by atoms with E-state index in [2.05, 4.69) is 15.4 Å². The Morgan fingerprint density at radius 3 is 2.61 bits per heavy atom. The highest BCUT2D eigenvalue weighted by molar-refractivity contribution is 6.14. The van der Waals surface area contributed by atoms with Gasteiger partial charge >= 0.3 is 5.97 Å². The van der Waals surface area contributed by atoms with Crippen LogP contribution in [-0.4, -0.2) is 33.8 Å². The van der Waals surface area contributed by atoms with Gasteiger partial charge in [-0.05, 0) is 34.5 Å². The molecule has 0 saturated heterocycles. The number of carbonyl (C=O) groups excluding carboxylic acids is 2. The fourth-order valence-corrected chi connectivity index (χ4v) is 3.11. The van der Waals surface area contributed by atoms with Crippen LogP contribution in [0.3, 0.4) is 0 Å². The molecular weight excluding hydrogens is 356 g/mol. The first kappa shape index (κ1) is 17.5. The molecule has 2 N–H and O–H groups in total. The van der Waals surface area contributed by atoms with Gasteiger partial charge in [-0.25, -0.2) is 9.78 Å². The van der Waals surface area contributed by atoms with Crippen LogP contribution >= 0.6 is 0 Å². The van der Waals surface area contributed by atoms with E-state index in [-0.39, 0.29) is 11.6 Å². The van der Waals surface area contributed by atoms with Crippen LogP contribution in [0.5, 0.6) is 0 Å². The van der Waals surface area contributed by atoms with E-state index in [0.717, 1.165) is 16.3 Å². The summed E-state index contributed by atoms with van der Waals surface area (Å²) < 4.78 is 6.69. The zero-order chi connectivity index (χ0) is 19.5. The Labute approximate surface area is 160 Å². The third-order valence-corrected chi connectivity index (χ3v) is 4.53. The summed E-state index contributed by atoms with van der Waals surface area (Å²) in [5.74, 6) is -0.922. The monoisotopic (exact) mass is 374 g/mol. The predicted molar refractivity (Wildman–Crippen MR) is 105 cm³/mol. The van der Waals surface area contributed by atoms with E-state index < -0.39 is 5.97 Å². The molecule has 0 radical (unpaired) electrons. The molecule has 2 aromatic carbocycles. The summed E-state index contributed by atoms with van der Waals surface area (Å²) in [5.41, 5.74) is 1.99. The van der Waals surface area contributed by atoms with Crippen LogP contribution in [0.15, 0.2) is 67.1 Å². The molecule has 0 aliphatic carbocycles. The molecule has 0 spiro atoms. The normalized spacial score (nSPS) is 10.8. The van der Waals surface area contributed by atoms with Crippen molar-refractivity contribution >= 4 is 28.3 Å². The van der Waals surface area contributed by atoms with Crippen LogP contribution in [0.4, 0.5) is 5.69 Å². The second-order valence-electron chi connectivity index (χ2n) is 6.24. The van der Waals surface area contributed by atoms with Gasteiger partial charge in [-0.2, -0.15) is 0 Å². The van der Waals surface area contributed by atoms with Crippen molar-refractivity contribution in [1.82, 2.24) is 14.8 Å². The molecule has 4 rings (SSSR count). The molecule has 0 aliphatic rings. The van der Waals surface area contributed by atoms with E-state index in [0.29, 0.717) is 17.8 Å². The predicted octanol–water partition coefficient (Wildman–Crippen LogP) is 3.45. The molecule has 0 atom stereocenters. The highest BCUT2D eigenvalue weighted by Gasteiger charge is 2.18. The van der Waals surface area contributed by atoms with Crippen LogP contribution < -0.4 is 5.32 Å². The van der Waals surface area contributed by atoms with Crippen LogP contribution in [0.1, 0.15) is 26.4 Å². The highest BCUT2D eigenvalue weighted by atomic mass is 16.5. The minimum absolute atomic E-state index is 0.0647. The lowest BCUT2D eigenvalue weighted by molar-refractivity contribution is 0.0595. The maximum atomic E-state index is 13.0. The van der Waals surface area contributed by atoms with Gasteiger partial charge in [0.1, 0.15) is 0 Å². The van der Waals surface area contributed by atoms with Gasteiger partial charge in [-0.1, -0.05) is 30.3 Å². The molecule has 140 valence electrons. The lowest BCUT2D eigenvalue weighted by Gasteiger charge is -2.15. The number of nitrogens with one attached hydrogen (secondary N) is 2. The summed E-state index contributed by atoms with van der Waals surface area (Å²) in [6.45, 7) is 0.688. The van der Waals surface area contributed by atoms with Crippen LogP contribution in [0.25, 0.3) is 10.8 Å². The fourth-order valence-electron chi connectivity index (χ4n) is 3.11. The fraction of sp³-hybridized carbons (Fsp3) is 0.0952. The highest BCUT2D eigenvalue weighted by Crippen LogP contribution is 2.25. The maximum Gasteiger partial charge on any atom is 0.358 e. The summed E-state index contributed by atoms with van der Waals surface area (Å²) in [6, 6.07) is 14.8. The minimum atomic E-state index is -0.605. The van der Waals surface area contributed by atoms with Crippen molar-refractivity contribution in [3.8, 4) is 0 Å². The molecule has 7 nitrogen and oxygen atoms in total. The van der Waals surface area contributed by atoms with E-state index in [1.807, 2.05) is 47.4 Å². The molecule has 0 unspecified atom stereocenters. The quantitative estimate of drug-likeness (QED) is 0.524. The molecule has 0 aliphatic heterocycles. The van der Waals surface area contributed by atoms with Gasteiger partial charge in [0.2, 0.25) is 0 Å². The Hall–Kier alpha value is -3.87. The van der Waals surface area contributed by atoms with E-state index in [1.54, 1.807) is 18.2 Å². The van der Waals surface area contributed by atoms with Gasteiger partial charge in [0.25, 0.3) is 5.91 Å². The van der Waals surface area contributed by atoms with Crippen molar-refractivity contribution in [3.05, 3.63) is 83.9 Å². The number of hydrogen-bond acceptors (Lipinski definition) is 4. The van der Waals surface area contributed by atoms with Crippen molar-refractivity contribution in [3.63, 3.8) is 0 Å². The number of rotatable bonds is 5. The number of esters is 1. The number of aromatic amines is 1. The number of fused-ring (bicyclic) bond motifs is 1. The van der Waals surface area contributed by atoms with Gasteiger partial charge in [-0.15, -0.1) is 0 Å². The van der Waals surface area contributed by atoms with Gasteiger partial charge in [-0.3, -0.25) is 9.48 Å². The molecule has 0 fully saturated rings. The zero-order valence-electron chi connectivity index (χ0n) is 15.2. The average molecular weight is 374 g/mol. The largest absolute Gasteiger partial charge is 0.464 e. The Morgan fingerprint density at radius 1 is 1.11 bits per heavy atom. The first-order valence-electron chi connectivity index (χ1n) is 8.72. The number of methoxy groups -OCH3 is 1. The van der Waals surface area contributed by atoms with Crippen molar-refractivity contribution in [2.75, 3.05) is 12.4 Å². The molecule has 2 heterocycles. The lowest BCUT2D eigenvalue weighted by Crippen LogP contribution is -2.17. The van der Waals surface area contributed by atoms with Gasteiger partial charge in [0, 0.05) is 24.2 Å². The number of amides is 1. The maximum absolute atomic E-state index is 13.0. The first-order chi connectivity index (χ1) is 13.7. The van der Waals surface area contributed by atoms with E-state index in [9.17, 15) is 9.59 Å². The SMILES string of the molecule is COC(=O)c1ncccc1NC(=O)c1ccc(Cn2cc[nH]2)c2ccccc12. The Morgan fingerprint density at radius 2 is 1.89 bits per heavy atom. The minimum Gasteiger partial charge on any atom is -0.464 e. The summed E-state index contributed by atoms with van der Waals surface area (Å²) in [7, 11) is 1.27. The number of carbonyl (C=O) groups is 2. The smallest absolute Gasteiger partial charge is 0.358 e. The number of benzene rings is 2. The third kappa shape index (κ3) is 3.25. The second kappa shape index (κ2) is 7.40. The van der Waals surface area contributed by atoms with Gasteiger partial charge in [0.15, 0.2) is 5.69 Å². The van der Waals surface area contributed by atoms with Crippen molar-refractivity contribution in [2.45, 2.75) is 6.54 Å². The van der Waals surface area contributed by atoms with E-state index in [4.69, 9.17) is 4.74 Å². The number of pyridine rings is 1. The number of ether oxygens (including phenoxy) is 1. The average Bonchev–Trinajstić information content (AvgIpc) is 2.70. The summed E-state index contributed by atoms with van der Waals surface area (Å²) in [4.78, 5) is 28.9. The van der Waals surface area contributed by atoms with Crippen LogP contribution in [-0.2, 0) is 11.3 Å². The number of nitrogens with zero attached hydrogens (tertiary/aromatic N) is 2. The first-order valence-corrected chi connectivity index (χ1v) is 8.72. The second-order valence-corrected chi connectivity index (χ2v) is 6.24. The molecular formula is C21H18N4O3. The summed E-state index contributed by atoms with van der Waals surface area (Å²) in [6.07, 6.45) is 5.29. The van der Waals surface area contributed by atoms with Gasteiger partial charge in [0.05, 0.1) is 19.3 Å². The third-order valence-electron chi connectivity index (χ3n) is 4.53. The van der Waals surface area contributed by atoms with E-state index in [1.165, 1.54) is 13.3 Å². The van der Waals surface area contributed by atoms with Crippen molar-refractivity contribution < 1.29 is 14.3 Å². The Kier molecular flexibility index (Phi) is 4.63. The lowest BCUT2D eigenvalue weighted by atomic mass is 9.99. The molecule has 1 amide bonds. The molecule has 0 bridgehead atoms. The molecule has 7 heteroatoms.